The van der Waals surface area contributed by atoms with Crippen LogP contribution < -0.4 is 14.8 Å². The smallest absolute Gasteiger partial charge is 0.395 e. The largest absolute Gasteiger partial charge is 0.586 e. The number of aliphatic hydroxyl groups is 1. The van der Waals surface area contributed by atoms with Gasteiger partial charge in [0.1, 0.15) is 5.82 Å². The van der Waals surface area contributed by atoms with Crippen LogP contribution in [0.2, 0.25) is 0 Å². The maximum absolute atomic E-state index is 15.4. The highest BCUT2D eigenvalue weighted by Gasteiger charge is 2.50. The number of ether oxygens (including phenoxy) is 2. The first kappa shape index (κ1) is 27.1. The number of halogens is 3. The van der Waals surface area contributed by atoms with Gasteiger partial charge in [-0.2, -0.15) is 0 Å². The number of nitrogens with one attached hydrogen (secondary N) is 1. The molecule has 0 unspecified atom stereocenters. The highest BCUT2D eigenvalue weighted by molar-refractivity contribution is 7.91. The van der Waals surface area contributed by atoms with Crippen molar-refractivity contribution in [3.05, 3.63) is 83.2 Å². The van der Waals surface area contributed by atoms with Gasteiger partial charge in [0, 0.05) is 17.7 Å². The molecule has 13 heteroatoms. The summed E-state index contributed by atoms with van der Waals surface area (Å²) in [5, 5.41) is 11.7. The quantitative estimate of drug-likeness (QED) is 0.303. The Morgan fingerprint density at radius 3 is 2.51 bits per heavy atom. The lowest BCUT2D eigenvalue weighted by molar-refractivity contribution is -0.287. The van der Waals surface area contributed by atoms with Crippen LogP contribution in [0, 0.1) is 0 Å². The van der Waals surface area contributed by atoms with Gasteiger partial charge >= 0.3 is 6.29 Å². The van der Waals surface area contributed by atoms with Gasteiger partial charge < -0.3 is 24.5 Å². The van der Waals surface area contributed by atoms with Gasteiger partial charge in [-0.3, -0.25) is 4.79 Å². The van der Waals surface area contributed by atoms with Gasteiger partial charge in [-0.1, -0.05) is 24.3 Å². The molecule has 2 heterocycles. The minimum atomic E-state index is -3.79. The molecule has 0 atom stereocenters. The molecule has 0 saturated heterocycles. The number of para-hydroxylation sites is 1. The van der Waals surface area contributed by atoms with Crippen molar-refractivity contribution in [1.82, 2.24) is 14.9 Å². The van der Waals surface area contributed by atoms with Gasteiger partial charge in [0.2, 0.25) is 0 Å². The molecule has 2 aliphatic rings. The van der Waals surface area contributed by atoms with Crippen LogP contribution in [0.25, 0.3) is 11.0 Å². The summed E-state index contributed by atoms with van der Waals surface area (Å²) in [5.41, 5.74) is 0.526. The molecule has 1 aliphatic carbocycles. The standard InChI is InChI=1S/C28H24F3N3O6S/c29-27(10-11-27)26-33-21-14-18(25(36)32-15-17-4-7-20(8-5-17)41(37,38)13-12-35)6-9-22(21)34(26)16-19-2-1-3-23-24(19)40-28(30,31)39-23/h1-9,14,35H,10-13,15-16H2,(H,32,36). The molecule has 214 valence electrons. The highest BCUT2D eigenvalue weighted by atomic mass is 32.2. The van der Waals surface area contributed by atoms with Crippen LogP contribution >= 0.6 is 0 Å². The molecule has 41 heavy (non-hydrogen) atoms. The van der Waals surface area contributed by atoms with Crippen molar-refractivity contribution < 1.29 is 41.0 Å². The van der Waals surface area contributed by atoms with Crippen molar-refractivity contribution in [1.29, 1.82) is 0 Å². The maximum Gasteiger partial charge on any atom is 0.586 e. The normalized spacial score (nSPS) is 16.6. The molecule has 1 aliphatic heterocycles. The van der Waals surface area contributed by atoms with Gasteiger partial charge in [0.05, 0.1) is 34.8 Å². The third kappa shape index (κ3) is 5.22. The second-order valence-corrected chi connectivity index (χ2v) is 12.1. The van der Waals surface area contributed by atoms with Crippen LogP contribution in [-0.4, -0.2) is 47.6 Å². The zero-order chi connectivity index (χ0) is 29.0. The number of fused-ring (bicyclic) bond motifs is 2. The lowest BCUT2D eigenvalue weighted by Crippen LogP contribution is -2.26. The highest BCUT2D eigenvalue weighted by Crippen LogP contribution is 2.50. The Kier molecular flexibility index (Phi) is 6.46. The summed E-state index contributed by atoms with van der Waals surface area (Å²) in [5.74, 6) is -0.887. The van der Waals surface area contributed by atoms with Crippen molar-refractivity contribution in [3.8, 4) is 11.5 Å². The molecule has 9 nitrogen and oxygen atoms in total. The van der Waals surface area contributed by atoms with Crippen LogP contribution in [-0.2, 0) is 28.6 Å². The molecular formula is C28H24F3N3O6S. The number of imidazole rings is 1. The lowest BCUT2D eigenvalue weighted by atomic mass is 10.1. The molecule has 1 amide bonds. The molecule has 1 aromatic heterocycles. The summed E-state index contributed by atoms with van der Waals surface area (Å²) in [4.78, 5) is 17.5. The Hall–Kier alpha value is -4.10. The van der Waals surface area contributed by atoms with Crippen molar-refractivity contribution in [2.45, 2.75) is 42.8 Å². The number of carbonyl (C=O) groups excluding carboxylic acids is 1. The van der Waals surface area contributed by atoms with Crippen molar-refractivity contribution in [2.75, 3.05) is 12.4 Å². The second kappa shape index (κ2) is 9.77. The number of aromatic nitrogens is 2. The number of benzene rings is 3. The summed E-state index contributed by atoms with van der Waals surface area (Å²) < 4.78 is 77.8. The van der Waals surface area contributed by atoms with E-state index < -0.39 is 34.3 Å². The van der Waals surface area contributed by atoms with Gasteiger partial charge in [-0.05, 0) is 54.8 Å². The second-order valence-electron chi connectivity index (χ2n) is 9.97. The van der Waals surface area contributed by atoms with Crippen LogP contribution in [0.1, 0.15) is 40.2 Å². The van der Waals surface area contributed by atoms with E-state index in [4.69, 9.17) is 9.84 Å². The van der Waals surface area contributed by atoms with Crippen LogP contribution in [0.3, 0.4) is 0 Å². The number of alkyl halides is 3. The summed E-state index contributed by atoms with van der Waals surface area (Å²) in [6.45, 7) is -0.362. The SMILES string of the molecule is O=C(NCc1ccc(S(=O)(=O)CCO)cc1)c1ccc2c(c1)nc(C1(F)CC1)n2Cc1cccc2c1OC(F)(F)O2. The number of aliphatic hydroxyl groups excluding tert-OH is 1. The number of hydrogen-bond acceptors (Lipinski definition) is 7. The number of carbonyl (C=O) groups is 1. The Morgan fingerprint density at radius 2 is 1.80 bits per heavy atom. The molecule has 0 bridgehead atoms. The molecule has 1 saturated carbocycles. The fourth-order valence-corrected chi connectivity index (χ4v) is 5.79. The van der Waals surface area contributed by atoms with Gasteiger partial charge in [-0.15, -0.1) is 8.78 Å². The number of sulfone groups is 1. The zero-order valence-electron chi connectivity index (χ0n) is 21.4. The maximum atomic E-state index is 15.4. The average molecular weight is 588 g/mol. The predicted octanol–water partition coefficient (Wildman–Crippen LogP) is 4.06. The Balaban J connectivity index is 1.23. The Bertz CT molecular complexity index is 1770. The summed E-state index contributed by atoms with van der Waals surface area (Å²) >= 11 is 0. The first-order valence-electron chi connectivity index (χ1n) is 12.8. The zero-order valence-corrected chi connectivity index (χ0v) is 22.3. The monoisotopic (exact) mass is 587 g/mol. The van der Waals surface area contributed by atoms with E-state index in [9.17, 15) is 22.0 Å². The first-order valence-corrected chi connectivity index (χ1v) is 14.4. The number of nitrogens with zero attached hydrogens (tertiary/aromatic N) is 2. The molecule has 1 fully saturated rings. The van der Waals surface area contributed by atoms with E-state index >= 15 is 4.39 Å². The molecule has 6 rings (SSSR count). The van der Waals surface area contributed by atoms with E-state index in [-0.39, 0.29) is 59.5 Å². The molecular weight excluding hydrogens is 563 g/mol. The van der Waals surface area contributed by atoms with Crippen LogP contribution in [0.4, 0.5) is 13.2 Å². The third-order valence-electron chi connectivity index (χ3n) is 7.03. The fourth-order valence-electron chi connectivity index (χ4n) is 4.76. The summed E-state index contributed by atoms with van der Waals surface area (Å²) in [6.07, 6.45) is -3.25. The number of rotatable bonds is 9. The van der Waals surface area contributed by atoms with E-state index in [0.29, 0.717) is 22.2 Å². The minimum Gasteiger partial charge on any atom is -0.395 e. The predicted molar refractivity (Wildman–Crippen MR) is 140 cm³/mol. The molecule has 0 spiro atoms. The van der Waals surface area contributed by atoms with E-state index in [0.717, 1.165) is 0 Å². The van der Waals surface area contributed by atoms with Crippen LogP contribution in [0.5, 0.6) is 11.5 Å². The minimum absolute atomic E-state index is 0.00429. The van der Waals surface area contributed by atoms with Crippen molar-refractivity contribution in [2.24, 2.45) is 0 Å². The third-order valence-corrected chi connectivity index (χ3v) is 8.74. The lowest BCUT2D eigenvalue weighted by Gasteiger charge is -2.13. The van der Waals surface area contributed by atoms with Crippen molar-refractivity contribution in [3.63, 3.8) is 0 Å². The average Bonchev–Trinajstić information content (AvgIpc) is 3.44. The topological polar surface area (TPSA) is 120 Å². The van der Waals surface area contributed by atoms with E-state index in [1.165, 1.54) is 24.3 Å². The number of hydrogen-bond donors (Lipinski definition) is 2. The van der Waals surface area contributed by atoms with Gasteiger partial charge in [0.25, 0.3) is 5.91 Å². The summed E-state index contributed by atoms with van der Waals surface area (Å²) in [6, 6.07) is 15.2. The molecule has 0 radical (unpaired) electrons. The molecule has 2 N–H and O–H groups in total. The van der Waals surface area contributed by atoms with Crippen molar-refractivity contribution >= 4 is 26.8 Å². The fraction of sp³-hybridized carbons (Fsp3) is 0.286. The van der Waals surface area contributed by atoms with Gasteiger partial charge in [0.15, 0.2) is 27.0 Å². The first-order chi connectivity index (χ1) is 19.5. The van der Waals surface area contributed by atoms with E-state index in [1.54, 1.807) is 41.0 Å². The Labute approximate surface area is 232 Å². The molecule has 4 aromatic rings. The molecule has 3 aromatic carbocycles. The Morgan fingerprint density at radius 1 is 1.05 bits per heavy atom. The number of amides is 1. The summed E-state index contributed by atoms with van der Waals surface area (Å²) in [7, 11) is -3.58. The van der Waals surface area contributed by atoms with E-state index in [1.807, 2.05) is 0 Å². The van der Waals surface area contributed by atoms with E-state index in [2.05, 4.69) is 15.0 Å². The van der Waals surface area contributed by atoms with Gasteiger partial charge in [-0.25, -0.2) is 17.8 Å². The van der Waals surface area contributed by atoms with Crippen LogP contribution in [0.15, 0.2) is 65.6 Å².